The maximum Gasteiger partial charge on any atom is 0.224 e. The predicted octanol–water partition coefficient (Wildman–Crippen LogP) is 1.60. The van der Waals surface area contributed by atoms with Gasteiger partial charge in [0.1, 0.15) is 5.82 Å². The third-order valence-electron chi connectivity index (χ3n) is 2.72. The normalized spacial score (nSPS) is 10.8. The molecule has 0 saturated carbocycles. The van der Waals surface area contributed by atoms with Crippen molar-refractivity contribution in [3.05, 3.63) is 11.8 Å². The molecule has 0 atom stereocenters. The van der Waals surface area contributed by atoms with E-state index >= 15 is 0 Å². The molecule has 18 heavy (non-hydrogen) atoms. The van der Waals surface area contributed by atoms with Crippen molar-refractivity contribution in [3.63, 3.8) is 0 Å². The van der Waals surface area contributed by atoms with E-state index in [1.54, 1.807) is 0 Å². The molecule has 0 bridgehead atoms. The highest BCUT2D eigenvalue weighted by atomic mass is 15.2. The molecule has 102 valence electrons. The van der Waals surface area contributed by atoms with Crippen LogP contribution in [0, 0.1) is 6.92 Å². The van der Waals surface area contributed by atoms with E-state index in [-0.39, 0.29) is 0 Å². The summed E-state index contributed by atoms with van der Waals surface area (Å²) in [5, 5.41) is 3.22. The molecule has 1 aromatic heterocycles. The molecule has 1 aromatic rings. The van der Waals surface area contributed by atoms with Crippen molar-refractivity contribution in [2.45, 2.75) is 20.3 Å². The van der Waals surface area contributed by atoms with E-state index in [9.17, 15) is 0 Å². The zero-order chi connectivity index (χ0) is 13.5. The third kappa shape index (κ3) is 4.49. The summed E-state index contributed by atoms with van der Waals surface area (Å²) in [7, 11) is 6.23. The fourth-order valence-electron chi connectivity index (χ4n) is 1.60. The molecule has 0 aliphatic rings. The number of likely N-dealkylation sites (N-methyl/N-ethyl adjacent to an activating group) is 2. The summed E-state index contributed by atoms with van der Waals surface area (Å²) in [5.41, 5.74) is 1.11. The Morgan fingerprint density at radius 3 is 2.56 bits per heavy atom. The summed E-state index contributed by atoms with van der Waals surface area (Å²) >= 11 is 0. The van der Waals surface area contributed by atoms with E-state index in [0.29, 0.717) is 5.95 Å². The van der Waals surface area contributed by atoms with Crippen LogP contribution in [-0.4, -0.2) is 55.6 Å². The van der Waals surface area contributed by atoms with Gasteiger partial charge >= 0.3 is 0 Å². The first-order valence-corrected chi connectivity index (χ1v) is 6.48. The molecule has 0 spiro atoms. The number of anilines is 2. The minimum atomic E-state index is 0.717. The molecule has 0 aromatic carbocycles. The zero-order valence-electron chi connectivity index (χ0n) is 12.2. The Hall–Kier alpha value is -1.36. The summed E-state index contributed by atoms with van der Waals surface area (Å²) in [6.45, 7) is 7.05. The first-order chi connectivity index (χ1) is 8.54. The van der Waals surface area contributed by atoms with Crippen LogP contribution in [0.2, 0.25) is 0 Å². The van der Waals surface area contributed by atoms with Crippen LogP contribution in [0.15, 0.2) is 6.20 Å². The van der Waals surface area contributed by atoms with Gasteiger partial charge in [0.25, 0.3) is 0 Å². The van der Waals surface area contributed by atoms with Crippen LogP contribution in [0.4, 0.5) is 11.8 Å². The summed E-state index contributed by atoms with van der Waals surface area (Å²) in [6.07, 6.45) is 2.95. The molecule has 0 aliphatic carbocycles. The van der Waals surface area contributed by atoms with Gasteiger partial charge in [-0.15, -0.1) is 0 Å². The van der Waals surface area contributed by atoms with Gasteiger partial charge in [-0.3, -0.25) is 0 Å². The summed E-state index contributed by atoms with van der Waals surface area (Å²) < 4.78 is 0. The Kier molecular flexibility index (Phi) is 5.85. The molecule has 0 amide bonds. The Morgan fingerprint density at radius 1 is 1.22 bits per heavy atom. The van der Waals surface area contributed by atoms with Crippen molar-refractivity contribution >= 4 is 11.8 Å². The third-order valence-corrected chi connectivity index (χ3v) is 2.72. The van der Waals surface area contributed by atoms with Crippen LogP contribution in [0.5, 0.6) is 0 Å². The lowest BCUT2D eigenvalue weighted by Gasteiger charge is -2.22. The lowest BCUT2D eigenvalue weighted by Crippen LogP contribution is -2.29. The number of hydrogen-bond acceptors (Lipinski definition) is 5. The van der Waals surface area contributed by atoms with Crippen LogP contribution >= 0.6 is 0 Å². The quantitative estimate of drug-likeness (QED) is 0.797. The second-order valence-electron chi connectivity index (χ2n) is 4.85. The number of aromatic nitrogens is 2. The van der Waals surface area contributed by atoms with Gasteiger partial charge in [-0.25, -0.2) is 4.98 Å². The lowest BCUT2D eigenvalue weighted by molar-refractivity contribution is 0.416. The summed E-state index contributed by atoms with van der Waals surface area (Å²) in [6, 6.07) is 0. The van der Waals surface area contributed by atoms with E-state index in [1.807, 2.05) is 13.1 Å². The van der Waals surface area contributed by atoms with Gasteiger partial charge in [-0.1, -0.05) is 6.92 Å². The van der Waals surface area contributed by atoms with Crippen molar-refractivity contribution in [1.82, 2.24) is 14.9 Å². The molecule has 1 rings (SSSR count). The molecule has 0 saturated heterocycles. The lowest BCUT2D eigenvalue weighted by atomic mass is 10.3. The topological polar surface area (TPSA) is 44.3 Å². The maximum absolute atomic E-state index is 4.57. The number of aryl methyl sites for hydroxylation is 1. The molecule has 1 N–H and O–H groups in total. The number of nitrogens with zero attached hydrogens (tertiary/aromatic N) is 4. The maximum atomic E-state index is 4.57. The van der Waals surface area contributed by atoms with Crippen molar-refractivity contribution in [2.75, 3.05) is 51.0 Å². The Balaban J connectivity index is 2.72. The highest BCUT2D eigenvalue weighted by molar-refractivity contribution is 5.48. The minimum absolute atomic E-state index is 0.717. The predicted molar refractivity (Wildman–Crippen MR) is 77.4 cm³/mol. The van der Waals surface area contributed by atoms with Crippen molar-refractivity contribution in [1.29, 1.82) is 0 Å². The second-order valence-corrected chi connectivity index (χ2v) is 4.85. The van der Waals surface area contributed by atoms with E-state index in [0.717, 1.165) is 37.4 Å². The second kappa shape index (κ2) is 7.16. The van der Waals surface area contributed by atoms with Crippen LogP contribution in [0.25, 0.3) is 0 Å². The minimum Gasteiger partial charge on any atom is -0.358 e. The van der Waals surface area contributed by atoms with E-state index in [1.165, 1.54) is 0 Å². The van der Waals surface area contributed by atoms with Crippen LogP contribution < -0.4 is 10.2 Å². The average molecular weight is 251 g/mol. The molecule has 1 heterocycles. The Labute approximate surface area is 110 Å². The molecule has 5 heteroatoms. The van der Waals surface area contributed by atoms with Crippen LogP contribution in [0.3, 0.4) is 0 Å². The Bertz CT molecular complexity index is 364. The Morgan fingerprint density at radius 2 is 1.94 bits per heavy atom. The number of rotatable bonds is 7. The van der Waals surface area contributed by atoms with E-state index in [2.05, 4.69) is 53.2 Å². The van der Waals surface area contributed by atoms with Crippen LogP contribution in [0.1, 0.15) is 18.9 Å². The average Bonchev–Trinajstić information content (AvgIpc) is 2.35. The largest absolute Gasteiger partial charge is 0.358 e. The van der Waals surface area contributed by atoms with E-state index in [4.69, 9.17) is 0 Å². The highest BCUT2D eigenvalue weighted by Gasteiger charge is 2.08. The molecular weight excluding hydrogens is 226 g/mol. The molecule has 0 aliphatic heterocycles. The molecule has 5 nitrogen and oxygen atoms in total. The molecule has 0 radical (unpaired) electrons. The molecule has 0 unspecified atom stereocenters. The van der Waals surface area contributed by atoms with E-state index < -0.39 is 0 Å². The fourth-order valence-corrected chi connectivity index (χ4v) is 1.60. The summed E-state index contributed by atoms with van der Waals surface area (Å²) in [5.74, 6) is 1.72. The summed E-state index contributed by atoms with van der Waals surface area (Å²) in [4.78, 5) is 13.2. The zero-order valence-corrected chi connectivity index (χ0v) is 12.2. The van der Waals surface area contributed by atoms with Gasteiger partial charge in [0.05, 0.1) is 0 Å². The first-order valence-electron chi connectivity index (χ1n) is 6.48. The molecule has 0 fully saturated rings. The van der Waals surface area contributed by atoms with Crippen molar-refractivity contribution < 1.29 is 0 Å². The monoisotopic (exact) mass is 251 g/mol. The van der Waals surface area contributed by atoms with Gasteiger partial charge in [0, 0.05) is 38.4 Å². The van der Waals surface area contributed by atoms with Gasteiger partial charge in [-0.05, 0) is 27.4 Å². The SMILES string of the molecule is CCCNc1ncc(C)c(N(C)CCN(C)C)n1. The van der Waals surface area contributed by atoms with Crippen molar-refractivity contribution in [2.24, 2.45) is 0 Å². The van der Waals surface area contributed by atoms with Crippen LogP contribution in [-0.2, 0) is 0 Å². The number of hydrogen-bond donors (Lipinski definition) is 1. The smallest absolute Gasteiger partial charge is 0.224 e. The van der Waals surface area contributed by atoms with Gasteiger partial charge in [0.15, 0.2) is 0 Å². The first kappa shape index (κ1) is 14.7. The van der Waals surface area contributed by atoms with Gasteiger partial charge in [0.2, 0.25) is 5.95 Å². The standard InChI is InChI=1S/C13H25N5/c1-6-7-14-13-15-10-11(2)12(16-13)18(5)9-8-17(3)4/h10H,6-9H2,1-5H3,(H,14,15,16). The van der Waals surface area contributed by atoms with Crippen molar-refractivity contribution in [3.8, 4) is 0 Å². The number of nitrogens with one attached hydrogen (secondary N) is 1. The van der Waals surface area contributed by atoms with Gasteiger partial charge in [-0.2, -0.15) is 4.98 Å². The van der Waals surface area contributed by atoms with Gasteiger partial charge < -0.3 is 15.1 Å². The molecular formula is C13H25N5. The fraction of sp³-hybridized carbons (Fsp3) is 0.692. The highest BCUT2D eigenvalue weighted by Crippen LogP contribution is 2.16.